The molecular weight excluding hydrogens is 228 g/mol. The van der Waals surface area contributed by atoms with Crippen LogP contribution in [0.5, 0.6) is 0 Å². The van der Waals surface area contributed by atoms with E-state index in [4.69, 9.17) is 4.74 Å². The van der Waals surface area contributed by atoms with E-state index < -0.39 is 5.54 Å². The van der Waals surface area contributed by atoms with Crippen LogP contribution < -0.4 is 5.32 Å². The van der Waals surface area contributed by atoms with Crippen LogP contribution in [0.3, 0.4) is 0 Å². The van der Waals surface area contributed by atoms with E-state index in [-0.39, 0.29) is 5.97 Å². The van der Waals surface area contributed by atoms with E-state index in [1.165, 1.54) is 25.7 Å². The molecule has 0 saturated heterocycles. The van der Waals surface area contributed by atoms with Gasteiger partial charge in [0.05, 0.1) is 6.61 Å². The standard InChI is InChI=1S/C14H28N2O2/c1-5-15-14(3,13(17)18-6-2)11-16(4)12-9-7-8-10-12/h12,15H,5-11H2,1-4H3. The zero-order valence-electron chi connectivity index (χ0n) is 12.3. The Bertz CT molecular complexity index is 265. The number of carbonyl (C=O) groups excluding carboxylic acids is 1. The number of ether oxygens (including phenoxy) is 1. The minimum absolute atomic E-state index is 0.142. The first-order valence-electron chi connectivity index (χ1n) is 7.16. The highest BCUT2D eigenvalue weighted by Crippen LogP contribution is 2.24. The molecule has 1 saturated carbocycles. The molecule has 1 aliphatic rings. The van der Waals surface area contributed by atoms with Gasteiger partial charge in [0.15, 0.2) is 0 Å². The molecule has 1 aliphatic carbocycles. The van der Waals surface area contributed by atoms with Gasteiger partial charge in [-0.15, -0.1) is 0 Å². The summed E-state index contributed by atoms with van der Waals surface area (Å²) in [5, 5.41) is 3.28. The molecule has 0 radical (unpaired) electrons. The Morgan fingerprint density at radius 1 is 1.39 bits per heavy atom. The molecule has 1 unspecified atom stereocenters. The maximum atomic E-state index is 12.1. The molecule has 0 bridgehead atoms. The molecule has 0 aromatic carbocycles. The van der Waals surface area contributed by atoms with Crippen molar-refractivity contribution in [2.45, 2.75) is 58.0 Å². The lowest BCUT2D eigenvalue weighted by Crippen LogP contribution is -2.58. The third kappa shape index (κ3) is 3.95. The van der Waals surface area contributed by atoms with Crippen LogP contribution in [0, 0.1) is 0 Å². The number of nitrogens with one attached hydrogen (secondary N) is 1. The van der Waals surface area contributed by atoms with Crippen LogP contribution >= 0.6 is 0 Å². The van der Waals surface area contributed by atoms with Gasteiger partial charge in [0, 0.05) is 12.6 Å². The van der Waals surface area contributed by atoms with Crippen molar-refractivity contribution in [1.82, 2.24) is 10.2 Å². The Morgan fingerprint density at radius 2 is 2.00 bits per heavy atom. The van der Waals surface area contributed by atoms with Gasteiger partial charge in [0.25, 0.3) is 0 Å². The number of rotatable bonds is 7. The molecule has 0 aromatic heterocycles. The largest absolute Gasteiger partial charge is 0.465 e. The Hall–Kier alpha value is -0.610. The number of esters is 1. The second kappa shape index (κ2) is 7.10. The van der Waals surface area contributed by atoms with E-state index in [1.807, 2.05) is 20.8 Å². The zero-order chi connectivity index (χ0) is 13.6. The smallest absolute Gasteiger partial charge is 0.327 e. The highest BCUT2D eigenvalue weighted by atomic mass is 16.5. The molecule has 0 aliphatic heterocycles. The first kappa shape index (κ1) is 15.4. The Labute approximate surface area is 111 Å². The van der Waals surface area contributed by atoms with Gasteiger partial charge < -0.3 is 15.0 Å². The van der Waals surface area contributed by atoms with Crippen LogP contribution in [0.25, 0.3) is 0 Å². The first-order valence-corrected chi connectivity index (χ1v) is 7.16. The normalized spacial score (nSPS) is 20.1. The van der Waals surface area contributed by atoms with E-state index >= 15 is 0 Å². The first-order chi connectivity index (χ1) is 8.53. The molecule has 1 N–H and O–H groups in total. The van der Waals surface area contributed by atoms with Crippen molar-refractivity contribution in [2.75, 3.05) is 26.7 Å². The fourth-order valence-electron chi connectivity index (χ4n) is 2.85. The molecule has 0 amide bonds. The third-order valence-corrected chi connectivity index (χ3v) is 3.81. The number of hydrogen-bond acceptors (Lipinski definition) is 4. The van der Waals surface area contributed by atoms with Crippen molar-refractivity contribution in [3.05, 3.63) is 0 Å². The van der Waals surface area contributed by atoms with Crippen LogP contribution in [0.15, 0.2) is 0 Å². The van der Waals surface area contributed by atoms with E-state index in [0.717, 1.165) is 6.54 Å². The summed E-state index contributed by atoms with van der Waals surface area (Å²) in [6.07, 6.45) is 5.13. The molecule has 1 rings (SSSR count). The number of nitrogens with zero attached hydrogens (tertiary/aromatic N) is 1. The van der Waals surface area contributed by atoms with Crippen LogP contribution in [0.2, 0.25) is 0 Å². The van der Waals surface area contributed by atoms with Crippen molar-refractivity contribution in [1.29, 1.82) is 0 Å². The van der Waals surface area contributed by atoms with Gasteiger partial charge >= 0.3 is 5.97 Å². The second-order valence-electron chi connectivity index (χ2n) is 5.44. The molecule has 18 heavy (non-hydrogen) atoms. The monoisotopic (exact) mass is 256 g/mol. The summed E-state index contributed by atoms with van der Waals surface area (Å²) in [5.41, 5.74) is -0.595. The fourth-order valence-corrected chi connectivity index (χ4v) is 2.85. The third-order valence-electron chi connectivity index (χ3n) is 3.81. The van der Waals surface area contributed by atoms with E-state index in [0.29, 0.717) is 19.2 Å². The van der Waals surface area contributed by atoms with Crippen LogP contribution in [0.1, 0.15) is 46.5 Å². The van der Waals surface area contributed by atoms with Gasteiger partial charge in [0.2, 0.25) is 0 Å². The maximum Gasteiger partial charge on any atom is 0.327 e. The predicted octanol–water partition coefficient (Wildman–Crippen LogP) is 1.79. The highest BCUT2D eigenvalue weighted by molar-refractivity contribution is 5.80. The summed E-state index contributed by atoms with van der Waals surface area (Å²) < 4.78 is 5.20. The molecule has 1 atom stereocenters. The van der Waals surface area contributed by atoms with Gasteiger partial charge in [-0.25, -0.2) is 0 Å². The van der Waals surface area contributed by atoms with Crippen molar-refractivity contribution in [3.63, 3.8) is 0 Å². The van der Waals surface area contributed by atoms with Gasteiger partial charge in [-0.3, -0.25) is 4.79 Å². The molecule has 0 aromatic rings. The summed E-state index contributed by atoms with van der Waals surface area (Å²) in [6.45, 7) is 7.74. The lowest BCUT2D eigenvalue weighted by Gasteiger charge is -2.35. The average molecular weight is 256 g/mol. The topological polar surface area (TPSA) is 41.6 Å². The van der Waals surface area contributed by atoms with Gasteiger partial charge in [-0.2, -0.15) is 0 Å². The van der Waals surface area contributed by atoms with Gasteiger partial charge in [0.1, 0.15) is 5.54 Å². The molecule has 4 nitrogen and oxygen atoms in total. The number of carbonyl (C=O) groups is 1. The fraction of sp³-hybridized carbons (Fsp3) is 0.929. The van der Waals surface area contributed by atoms with Crippen LogP contribution in [0.4, 0.5) is 0 Å². The van der Waals surface area contributed by atoms with Crippen LogP contribution in [-0.2, 0) is 9.53 Å². The van der Waals surface area contributed by atoms with Gasteiger partial charge in [-0.1, -0.05) is 19.8 Å². The molecule has 4 heteroatoms. The Kier molecular flexibility index (Phi) is 6.09. The zero-order valence-corrected chi connectivity index (χ0v) is 12.3. The molecule has 1 fully saturated rings. The number of likely N-dealkylation sites (N-methyl/N-ethyl adjacent to an activating group) is 2. The summed E-state index contributed by atoms with van der Waals surface area (Å²) in [4.78, 5) is 14.4. The van der Waals surface area contributed by atoms with E-state index in [9.17, 15) is 4.79 Å². The Balaban J connectivity index is 2.62. The lowest BCUT2D eigenvalue weighted by molar-refractivity contribution is -0.151. The molecular formula is C14H28N2O2. The highest BCUT2D eigenvalue weighted by Gasteiger charge is 2.36. The SMILES string of the molecule is CCNC(C)(CN(C)C1CCCC1)C(=O)OCC. The van der Waals surface area contributed by atoms with Crippen molar-refractivity contribution >= 4 is 5.97 Å². The van der Waals surface area contributed by atoms with E-state index in [2.05, 4.69) is 17.3 Å². The van der Waals surface area contributed by atoms with Crippen LogP contribution in [-0.4, -0.2) is 49.2 Å². The molecule has 0 heterocycles. The Morgan fingerprint density at radius 3 is 2.50 bits per heavy atom. The number of hydrogen-bond donors (Lipinski definition) is 1. The summed E-state index contributed by atoms with van der Waals surface area (Å²) in [7, 11) is 2.12. The second-order valence-corrected chi connectivity index (χ2v) is 5.44. The van der Waals surface area contributed by atoms with Crippen molar-refractivity contribution in [3.8, 4) is 0 Å². The van der Waals surface area contributed by atoms with Crippen molar-refractivity contribution in [2.24, 2.45) is 0 Å². The van der Waals surface area contributed by atoms with Crippen molar-refractivity contribution < 1.29 is 9.53 Å². The predicted molar refractivity (Wildman–Crippen MR) is 73.6 cm³/mol. The minimum atomic E-state index is -0.595. The maximum absolute atomic E-state index is 12.1. The summed E-state index contributed by atoms with van der Waals surface area (Å²) in [5.74, 6) is -0.142. The van der Waals surface area contributed by atoms with Gasteiger partial charge in [-0.05, 0) is 40.3 Å². The average Bonchev–Trinajstić information content (AvgIpc) is 2.83. The summed E-state index contributed by atoms with van der Waals surface area (Å²) in [6, 6.07) is 0.623. The lowest BCUT2D eigenvalue weighted by atomic mass is 10.0. The quantitative estimate of drug-likeness (QED) is 0.705. The summed E-state index contributed by atoms with van der Waals surface area (Å²) >= 11 is 0. The minimum Gasteiger partial charge on any atom is -0.465 e. The molecule has 106 valence electrons. The molecule has 0 spiro atoms. The van der Waals surface area contributed by atoms with E-state index in [1.54, 1.807) is 0 Å².